The van der Waals surface area contributed by atoms with Crippen LogP contribution >= 0.6 is 0 Å². The molecule has 0 bridgehead atoms. The Hall–Kier alpha value is -2.25. The predicted molar refractivity (Wildman–Crippen MR) is 56.5 cm³/mol. The fraction of sp³-hybridized carbons (Fsp3) is 0.444. The highest BCUT2D eigenvalue weighted by molar-refractivity contribution is 5.39. The van der Waals surface area contributed by atoms with Gasteiger partial charge in [-0.05, 0) is 20.8 Å². The third kappa shape index (κ3) is 2.01. The lowest BCUT2D eigenvalue weighted by Crippen LogP contribution is -2.04. The van der Waals surface area contributed by atoms with Crippen molar-refractivity contribution in [1.82, 2.24) is 19.9 Å². The van der Waals surface area contributed by atoms with Crippen molar-refractivity contribution in [1.29, 1.82) is 0 Å². The van der Waals surface area contributed by atoms with Crippen LogP contribution in [0.15, 0.2) is 4.52 Å². The first-order valence-electron chi connectivity index (χ1n) is 4.96. The summed E-state index contributed by atoms with van der Waals surface area (Å²) in [6.45, 7) is 5.18. The zero-order valence-corrected chi connectivity index (χ0v) is 9.67. The average Bonchev–Trinajstić information content (AvgIpc) is 2.73. The Balaban J connectivity index is 2.34. The van der Waals surface area contributed by atoms with Gasteiger partial charge in [0.15, 0.2) is 5.82 Å². The van der Waals surface area contributed by atoms with E-state index in [0.717, 1.165) is 0 Å². The SMILES string of the molecule is Cc1noc(Cn2nc(C)c([N+](=O)[O-])c2C)n1. The molecule has 0 N–H and O–H groups in total. The van der Waals surface area contributed by atoms with Crippen LogP contribution in [0, 0.1) is 30.9 Å². The minimum Gasteiger partial charge on any atom is -0.337 e. The van der Waals surface area contributed by atoms with E-state index in [4.69, 9.17) is 4.52 Å². The molecule has 0 spiro atoms. The molecular weight excluding hydrogens is 226 g/mol. The lowest BCUT2D eigenvalue weighted by atomic mass is 10.3. The molecule has 0 saturated heterocycles. The van der Waals surface area contributed by atoms with Crippen molar-refractivity contribution in [3.63, 3.8) is 0 Å². The Morgan fingerprint density at radius 1 is 1.41 bits per heavy atom. The molecule has 0 saturated carbocycles. The number of rotatable bonds is 3. The third-order valence-electron chi connectivity index (χ3n) is 2.38. The zero-order chi connectivity index (χ0) is 12.6. The highest BCUT2D eigenvalue weighted by Gasteiger charge is 2.22. The number of aromatic nitrogens is 4. The van der Waals surface area contributed by atoms with Crippen molar-refractivity contribution >= 4 is 5.69 Å². The van der Waals surface area contributed by atoms with Crippen LogP contribution in [0.3, 0.4) is 0 Å². The molecule has 8 nitrogen and oxygen atoms in total. The van der Waals surface area contributed by atoms with Crippen LogP contribution in [-0.2, 0) is 6.54 Å². The van der Waals surface area contributed by atoms with Gasteiger partial charge in [0.25, 0.3) is 0 Å². The van der Waals surface area contributed by atoms with Gasteiger partial charge in [0.05, 0.1) is 4.92 Å². The summed E-state index contributed by atoms with van der Waals surface area (Å²) in [4.78, 5) is 14.4. The van der Waals surface area contributed by atoms with Gasteiger partial charge in [0.1, 0.15) is 17.9 Å². The van der Waals surface area contributed by atoms with E-state index >= 15 is 0 Å². The Morgan fingerprint density at radius 3 is 2.59 bits per heavy atom. The van der Waals surface area contributed by atoms with Gasteiger partial charge < -0.3 is 4.52 Å². The quantitative estimate of drug-likeness (QED) is 0.586. The first kappa shape index (κ1) is 11.2. The summed E-state index contributed by atoms with van der Waals surface area (Å²) in [5.41, 5.74) is 0.883. The number of nitrogens with zero attached hydrogens (tertiary/aromatic N) is 5. The maximum Gasteiger partial charge on any atom is 0.312 e. The highest BCUT2D eigenvalue weighted by atomic mass is 16.6. The topological polar surface area (TPSA) is 99.9 Å². The standard InChI is InChI=1S/C9H11N5O3/c1-5-9(14(15)16)6(2)13(11-5)4-8-10-7(3)12-17-8/h4H2,1-3H3. The summed E-state index contributed by atoms with van der Waals surface area (Å²) in [5, 5.41) is 18.5. The molecule has 0 aliphatic carbocycles. The van der Waals surface area contributed by atoms with Crippen LogP contribution in [0.1, 0.15) is 23.1 Å². The van der Waals surface area contributed by atoms with Crippen LogP contribution in [0.25, 0.3) is 0 Å². The van der Waals surface area contributed by atoms with Gasteiger partial charge in [0.2, 0.25) is 5.89 Å². The Kier molecular flexibility index (Phi) is 2.62. The van der Waals surface area contributed by atoms with E-state index in [0.29, 0.717) is 23.1 Å². The minimum absolute atomic E-state index is 0.0289. The molecule has 0 fully saturated rings. The molecule has 2 heterocycles. The summed E-state index contributed by atoms with van der Waals surface area (Å²) in [6.07, 6.45) is 0. The van der Waals surface area contributed by atoms with Crippen molar-refractivity contribution < 1.29 is 9.45 Å². The molecule has 0 radical (unpaired) electrons. The summed E-state index contributed by atoms with van der Waals surface area (Å²) < 4.78 is 6.43. The molecule has 0 aliphatic rings. The zero-order valence-electron chi connectivity index (χ0n) is 9.67. The van der Waals surface area contributed by atoms with Gasteiger partial charge in [-0.2, -0.15) is 10.1 Å². The van der Waals surface area contributed by atoms with Gasteiger partial charge in [-0.1, -0.05) is 5.16 Å². The summed E-state index contributed by atoms with van der Waals surface area (Å²) >= 11 is 0. The van der Waals surface area contributed by atoms with Crippen LogP contribution in [0.4, 0.5) is 5.69 Å². The largest absolute Gasteiger partial charge is 0.337 e. The summed E-state index contributed by atoms with van der Waals surface area (Å²) in [6, 6.07) is 0. The van der Waals surface area contributed by atoms with Gasteiger partial charge >= 0.3 is 5.69 Å². The van der Waals surface area contributed by atoms with Crippen LogP contribution < -0.4 is 0 Å². The normalized spacial score (nSPS) is 10.8. The number of aryl methyl sites for hydroxylation is 2. The van der Waals surface area contributed by atoms with Gasteiger partial charge in [-0.25, -0.2) is 0 Å². The van der Waals surface area contributed by atoms with E-state index in [1.807, 2.05) is 0 Å². The molecule has 0 aliphatic heterocycles. The number of hydrogen-bond acceptors (Lipinski definition) is 6. The fourth-order valence-corrected chi connectivity index (χ4v) is 1.64. The van der Waals surface area contributed by atoms with Crippen LogP contribution in [0.2, 0.25) is 0 Å². The average molecular weight is 237 g/mol. The fourth-order valence-electron chi connectivity index (χ4n) is 1.64. The lowest BCUT2D eigenvalue weighted by molar-refractivity contribution is -0.386. The van der Waals surface area contributed by atoms with E-state index < -0.39 is 4.92 Å². The monoisotopic (exact) mass is 237 g/mol. The molecule has 2 aromatic rings. The molecule has 0 amide bonds. The van der Waals surface area contributed by atoms with E-state index in [9.17, 15) is 10.1 Å². The number of nitro groups is 1. The first-order chi connectivity index (χ1) is 7.99. The van der Waals surface area contributed by atoms with E-state index in [2.05, 4.69) is 15.2 Å². The van der Waals surface area contributed by atoms with Gasteiger partial charge in [-0.3, -0.25) is 14.8 Å². The van der Waals surface area contributed by atoms with Crippen molar-refractivity contribution in [2.45, 2.75) is 27.3 Å². The lowest BCUT2D eigenvalue weighted by Gasteiger charge is -1.97. The van der Waals surface area contributed by atoms with Crippen LogP contribution in [-0.4, -0.2) is 24.8 Å². The molecule has 0 unspecified atom stereocenters. The molecule has 90 valence electrons. The Bertz CT molecular complexity index is 571. The van der Waals surface area contributed by atoms with Crippen molar-refractivity contribution in [2.24, 2.45) is 0 Å². The first-order valence-corrected chi connectivity index (χ1v) is 4.96. The maximum atomic E-state index is 10.8. The molecule has 2 rings (SSSR count). The van der Waals surface area contributed by atoms with E-state index in [1.165, 1.54) is 4.68 Å². The van der Waals surface area contributed by atoms with Gasteiger partial charge in [0, 0.05) is 0 Å². The number of hydrogen-bond donors (Lipinski definition) is 0. The third-order valence-corrected chi connectivity index (χ3v) is 2.38. The minimum atomic E-state index is -0.437. The van der Waals surface area contributed by atoms with E-state index in [1.54, 1.807) is 20.8 Å². The Morgan fingerprint density at radius 2 is 2.12 bits per heavy atom. The second kappa shape index (κ2) is 3.96. The van der Waals surface area contributed by atoms with Gasteiger partial charge in [-0.15, -0.1) is 0 Å². The molecular formula is C9H11N5O3. The molecule has 17 heavy (non-hydrogen) atoms. The molecule has 8 heteroatoms. The Labute approximate surface area is 96.4 Å². The summed E-state index contributed by atoms with van der Waals surface area (Å²) in [7, 11) is 0. The maximum absolute atomic E-state index is 10.8. The molecule has 0 aromatic carbocycles. The van der Waals surface area contributed by atoms with Crippen molar-refractivity contribution in [3.8, 4) is 0 Å². The smallest absolute Gasteiger partial charge is 0.312 e. The molecule has 2 aromatic heterocycles. The highest BCUT2D eigenvalue weighted by Crippen LogP contribution is 2.22. The second-order valence-corrected chi connectivity index (χ2v) is 3.67. The predicted octanol–water partition coefficient (Wildman–Crippen LogP) is 1.15. The van der Waals surface area contributed by atoms with Crippen LogP contribution in [0.5, 0.6) is 0 Å². The van der Waals surface area contributed by atoms with Crippen molar-refractivity contribution in [3.05, 3.63) is 33.2 Å². The van der Waals surface area contributed by atoms with Crippen molar-refractivity contribution in [2.75, 3.05) is 0 Å². The summed E-state index contributed by atoms with van der Waals surface area (Å²) in [5.74, 6) is 0.902. The van der Waals surface area contributed by atoms with E-state index in [-0.39, 0.29) is 12.2 Å². The second-order valence-electron chi connectivity index (χ2n) is 3.67. The molecule has 0 atom stereocenters.